The van der Waals surface area contributed by atoms with E-state index in [2.05, 4.69) is 0 Å². The first-order valence-corrected chi connectivity index (χ1v) is 5.69. The van der Waals surface area contributed by atoms with Crippen LogP contribution in [0.15, 0.2) is 36.4 Å². The van der Waals surface area contributed by atoms with Crippen LogP contribution in [0.4, 0.5) is 8.78 Å². The highest BCUT2D eigenvalue weighted by Crippen LogP contribution is 2.27. The Morgan fingerprint density at radius 3 is 2.33 bits per heavy atom. The maximum atomic E-state index is 13.6. The van der Waals surface area contributed by atoms with Gasteiger partial charge in [0.2, 0.25) is 0 Å². The lowest BCUT2D eigenvalue weighted by atomic mass is 9.96. The Morgan fingerprint density at radius 2 is 1.67 bits per heavy atom. The Balaban J connectivity index is 2.47. The molecule has 2 rings (SSSR count). The normalized spacial score (nSPS) is 12.5. The van der Waals surface area contributed by atoms with Gasteiger partial charge in [0.05, 0.1) is 0 Å². The van der Waals surface area contributed by atoms with Crippen molar-refractivity contribution in [2.45, 2.75) is 20.0 Å². The van der Waals surface area contributed by atoms with Gasteiger partial charge in [0, 0.05) is 5.56 Å². The van der Waals surface area contributed by atoms with Crippen molar-refractivity contribution in [3.8, 4) is 0 Å². The molecule has 0 spiro atoms. The second-order valence-corrected chi connectivity index (χ2v) is 4.43. The van der Waals surface area contributed by atoms with Crippen LogP contribution >= 0.6 is 0 Å². The Bertz CT molecular complexity index is 579. The lowest BCUT2D eigenvalue weighted by Gasteiger charge is -2.15. The quantitative estimate of drug-likeness (QED) is 0.859. The number of rotatable bonds is 2. The van der Waals surface area contributed by atoms with E-state index in [0.717, 1.165) is 29.3 Å². The molecular weight excluding hydrogens is 234 g/mol. The summed E-state index contributed by atoms with van der Waals surface area (Å²) in [6.07, 6.45) is -1.15. The predicted octanol–water partition coefficient (Wildman–Crippen LogP) is 3.66. The largest absolute Gasteiger partial charge is 0.384 e. The van der Waals surface area contributed by atoms with Crippen molar-refractivity contribution in [3.63, 3.8) is 0 Å². The minimum Gasteiger partial charge on any atom is -0.384 e. The predicted molar refractivity (Wildman–Crippen MR) is 66.3 cm³/mol. The summed E-state index contributed by atoms with van der Waals surface area (Å²) in [5.41, 5.74) is 2.46. The van der Waals surface area contributed by atoms with Crippen LogP contribution in [0.5, 0.6) is 0 Å². The van der Waals surface area contributed by atoms with Crippen molar-refractivity contribution in [2.24, 2.45) is 0 Å². The van der Waals surface area contributed by atoms with Gasteiger partial charge in [-0.05, 0) is 43.2 Å². The zero-order valence-corrected chi connectivity index (χ0v) is 10.2. The van der Waals surface area contributed by atoms with Gasteiger partial charge in [-0.1, -0.05) is 23.8 Å². The molecule has 0 radical (unpaired) electrons. The Kier molecular flexibility index (Phi) is 3.43. The number of hydrogen-bond acceptors (Lipinski definition) is 1. The monoisotopic (exact) mass is 248 g/mol. The lowest BCUT2D eigenvalue weighted by molar-refractivity contribution is 0.213. The minimum atomic E-state index is -1.15. The maximum absolute atomic E-state index is 13.6. The van der Waals surface area contributed by atoms with Gasteiger partial charge in [0.1, 0.15) is 17.7 Å². The van der Waals surface area contributed by atoms with Crippen LogP contribution in [0.2, 0.25) is 0 Å². The molecule has 3 heteroatoms. The fourth-order valence-electron chi connectivity index (χ4n) is 2.02. The van der Waals surface area contributed by atoms with Crippen molar-refractivity contribution in [2.75, 3.05) is 0 Å². The summed E-state index contributed by atoms with van der Waals surface area (Å²) in [6, 6.07) is 8.56. The molecule has 1 nitrogen and oxygen atoms in total. The second-order valence-electron chi connectivity index (χ2n) is 4.43. The molecule has 0 aliphatic heterocycles. The fourth-order valence-corrected chi connectivity index (χ4v) is 2.02. The third-order valence-corrected chi connectivity index (χ3v) is 2.97. The first kappa shape index (κ1) is 12.7. The van der Waals surface area contributed by atoms with Crippen molar-refractivity contribution in [1.29, 1.82) is 0 Å². The summed E-state index contributed by atoms with van der Waals surface area (Å²) < 4.78 is 26.7. The van der Waals surface area contributed by atoms with Gasteiger partial charge in [-0.15, -0.1) is 0 Å². The van der Waals surface area contributed by atoms with Crippen LogP contribution in [0, 0.1) is 25.5 Å². The first-order chi connectivity index (χ1) is 8.49. The molecule has 0 aromatic heterocycles. The number of hydrogen-bond donors (Lipinski definition) is 1. The number of halogens is 2. The van der Waals surface area contributed by atoms with E-state index >= 15 is 0 Å². The molecule has 2 aromatic rings. The molecular formula is C15H14F2O. The van der Waals surface area contributed by atoms with Gasteiger partial charge < -0.3 is 5.11 Å². The van der Waals surface area contributed by atoms with Crippen LogP contribution < -0.4 is 0 Å². The van der Waals surface area contributed by atoms with Gasteiger partial charge >= 0.3 is 0 Å². The van der Waals surface area contributed by atoms with Gasteiger partial charge in [0.25, 0.3) is 0 Å². The van der Waals surface area contributed by atoms with E-state index in [1.165, 1.54) is 0 Å². The van der Waals surface area contributed by atoms with E-state index in [-0.39, 0.29) is 5.56 Å². The van der Waals surface area contributed by atoms with Crippen LogP contribution in [0.1, 0.15) is 28.4 Å². The Labute approximate surface area is 105 Å². The van der Waals surface area contributed by atoms with Crippen LogP contribution in [-0.4, -0.2) is 5.11 Å². The van der Waals surface area contributed by atoms with Gasteiger partial charge in [-0.3, -0.25) is 0 Å². The smallest absolute Gasteiger partial charge is 0.129 e. The highest BCUT2D eigenvalue weighted by molar-refractivity contribution is 5.38. The van der Waals surface area contributed by atoms with Crippen molar-refractivity contribution in [1.82, 2.24) is 0 Å². The van der Waals surface area contributed by atoms with E-state index in [9.17, 15) is 13.9 Å². The molecule has 0 heterocycles. The van der Waals surface area contributed by atoms with E-state index in [0.29, 0.717) is 5.56 Å². The topological polar surface area (TPSA) is 20.2 Å². The zero-order chi connectivity index (χ0) is 13.3. The highest BCUT2D eigenvalue weighted by Gasteiger charge is 2.17. The molecule has 94 valence electrons. The van der Waals surface area contributed by atoms with Crippen molar-refractivity contribution >= 4 is 0 Å². The Hall–Kier alpha value is -1.74. The lowest BCUT2D eigenvalue weighted by Crippen LogP contribution is -2.05. The van der Waals surface area contributed by atoms with Crippen LogP contribution in [0.3, 0.4) is 0 Å². The van der Waals surface area contributed by atoms with Crippen LogP contribution in [-0.2, 0) is 0 Å². The van der Waals surface area contributed by atoms with Crippen molar-refractivity contribution in [3.05, 3.63) is 70.3 Å². The second kappa shape index (κ2) is 4.86. The van der Waals surface area contributed by atoms with E-state index in [1.807, 2.05) is 26.0 Å². The average molecular weight is 248 g/mol. The highest BCUT2D eigenvalue weighted by atomic mass is 19.1. The van der Waals surface area contributed by atoms with Gasteiger partial charge in [-0.2, -0.15) is 0 Å². The molecule has 1 N–H and O–H groups in total. The molecule has 18 heavy (non-hydrogen) atoms. The molecule has 1 unspecified atom stereocenters. The standard InChI is InChI=1S/C15H14F2O/c1-9-3-5-12(10(2)7-9)15(18)13-8-11(16)4-6-14(13)17/h3-8,15,18H,1-2H3. The van der Waals surface area contributed by atoms with E-state index in [4.69, 9.17) is 0 Å². The third kappa shape index (κ3) is 2.41. The zero-order valence-electron chi connectivity index (χ0n) is 10.2. The number of aliphatic hydroxyl groups is 1. The Morgan fingerprint density at radius 1 is 0.944 bits per heavy atom. The molecule has 0 saturated carbocycles. The summed E-state index contributed by atoms with van der Waals surface area (Å²) in [7, 11) is 0. The SMILES string of the molecule is Cc1ccc(C(O)c2cc(F)ccc2F)c(C)c1. The third-order valence-electron chi connectivity index (χ3n) is 2.97. The number of benzene rings is 2. The first-order valence-electron chi connectivity index (χ1n) is 5.69. The molecule has 1 atom stereocenters. The van der Waals surface area contributed by atoms with Gasteiger partial charge in [0.15, 0.2) is 0 Å². The summed E-state index contributed by atoms with van der Waals surface area (Å²) in [6.45, 7) is 3.77. The molecule has 0 aliphatic rings. The van der Waals surface area contributed by atoms with Crippen molar-refractivity contribution < 1.29 is 13.9 Å². The summed E-state index contributed by atoms with van der Waals surface area (Å²) >= 11 is 0. The summed E-state index contributed by atoms with van der Waals surface area (Å²) in [4.78, 5) is 0. The number of aryl methyl sites for hydroxylation is 2. The molecule has 0 aliphatic carbocycles. The average Bonchev–Trinajstić information content (AvgIpc) is 2.31. The molecule has 2 aromatic carbocycles. The molecule has 0 saturated heterocycles. The minimum absolute atomic E-state index is 0.0399. The van der Waals surface area contributed by atoms with Crippen LogP contribution in [0.25, 0.3) is 0 Å². The van der Waals surface area contributed by atoms with E-state index in [1.54, 1.807) is 6.07 Å². The number of aliphatic hydroxyl groups excluding tert-OH is 1. The fraction of sp³-hybridized carbons (Fsp3) is 0.200. The van der Waals surface area contributed by atoms with E-state index < -0.39 is 17.7 Å². The molecule has 0 amide bonds. The summed E-state index contributed by atoms with van der Waals surface area (Å²) in [5, 5.41) is 10.2. The van der Waals surface area contributed by atoms with Gasteiger partial charge in [-0.25, -0.2) is 8.78 Å². The summed E-state index contributed by atoms with van der Waals surface area (Å²) in [5.74, 6) is -1.17. The molecule has 0 fully saturated rings. The molecule has 0 bridgehead atoms. The maximum Gasteiger partial charge on any atom is 0.129 e.